The molecule has 0 unspecified atom stereocenters. The van der Waals surface area contributed by atoms with Gasteiger partial charge in [0.2, 0.25) is 0 Å². The van der Waals surface area contributed by atoms with Gasteiger partial charge in [-0.2, -0.15) is 13.2 Å². The zero-order chi connectivity index (χ0) is 12.9. The molecule has 0 radical (unpaired) electrons. The van der Waals surface area contributed by atoms with Gasteiger partial charge in [-0.25, -0.2) is 0 Å². The zero-order valence-electron chi connectivity index (χ0n) is 8.76. The molecule has 1 rings (SSSR count). The molecule has 2 nitrogen and oxygen atoms in total. The van der Waals surface area contributed by atoms with Gasteiger partial charge >= 0.3 is 6.18 Å². The highest BCUT2D eigenvalue weighted by atomic mass is 79.9. The molecule has 1 aromatic rings. The summed E-state index contributed by atoms with van der Waals surface area (Å²) in [6, 6.07) is 6.60. The molecule has 0 aliphatic carbocycles. The summed E-state index contributed by atoms with van der Waals surface area (Å²) in [5.41, 5.74) is 0.409. The van der Waals surface area contributed by atoms with Crippen molar-refractivity contribution in [2.24, 2.45) is 0 Å². The highest BCUT2D eigenvalue weighted by Gasteiger charge is 2.26. The number of ether oxygens (including phenoxy) is 1. The van der Waals surface area contributed by atoms with E-state index in [1.165, 1.54) is 0 Å². The SMILES string of the molecule is O=C(COCCC(F)(F)F)c1cccc(Br)c1. The van der Waals surface area contributed by atoms with Gasteiger partial charge in [-0.15, -0.1) is 0 Å². The van der Waals surface area contributed by atoms with Crippen molar-refractivity contribution < 1.29 is 22.7 Å². The number of rotatable bonds is 5. The Labute approximate surface area is 105 Å². The lowest BCUT2D eigenvalue weighted by Gasteiger charge is -2.06. The first-order valence-corrected chi connectivity index (χ1v) is 5.61. The molecule has 94 valence electrons. The third kappa shape index (κ3) is 5.83. The van der Waals surface area contributed by atoms with E-state index in [0.29, 0.717) is 5.56 Å². The van der Waals surface area contributed by atoms with Crippen LogP contribution in [0.2, 0.25) is 0 Å². The van der Waals surface area contributed by atoms with E-state index in [4.69, 9.17) is 0 Å². The summed E-state index contributed by atoms with van der Waals surface area (Å²) in [5, 5.41) is 0. The molecule has 1 aromatic carbocycles. The topological polar surface area (TPSA) is 26.3 Å². The molecule has 0 spiro atoms. The van der Waals surface area contributed by atoms with Gasteiger partial charge < -0.3 is 4.74 Å². The Bertz CT molecular complexity index is 391. The van der Waals surface area contributed by atoms with Crippen molar-refractivity contribution in [1.29, 1.82) is 0 Å². The highest BCUT2D eigenvalue weighted by Crippen LogP contribution is 2.19. The summed E-state index contributed by atoms with van der Waals surface area (Å²) in [6.45, 7) is -0.838. The van der Waals surface area contributed by atoms with Crippen LogP contribution in [0.15, 0.2) is 28.7 Å². The Kier molecular flexibility index (Phi) is 5.14. The van der Waals surface area contributed by atoms with Gasteiger partial charge in [0, 0.05) is 10.0 Å². The van der Waals surface area contributed by atoms with Gasteiger partial charge in [0.1, 0.15) is 6.61 Å². The van der Waals surface area contributed by atoms with E-state index in [1.807, 2.05) is 0 Å². The van der Waals surface area contributed by atoms with E-state index < -0.39 is 19.2 Å². The molecule has 0 N–H and O–H groups in total. The van der Waals surface area contributed by atoms with E-state index >= 15 is 0 Å². The van der Waals surface area contributed by atoms with E-state index in [1.54, 1.807) is 24.3 Å². The van der Waals surface area contributed by atoms with Crippen LogP contribution in [-0.4, -0.2) is 25.2 Å². The van der Waals surface area contributed by atoms with Gasteiger partial charge in [0.05, 0.1) is 13.0 Å². The van der Waals surface area contributed by atoms with Crippen molar-refractivity contribution in [1.82, 2.24) is 0 Å². The molecule has 0 amide bonds. The third-order valence-corrected chi connectivity index (χ3v) is 2.40. The minimum atomic E-state index is -4.25. The molecule has 0 aromatic heterocycles. The van der Waals surface area contributed by atoms with Gasteiger partial charge in [0.25, 0.3) is 0 Å². The van der Waals surface area contributed by atoms with Crippen LogP contribution in [0.25, 0.3) is 0 Å². The number of hydrogen-bond donors (Lipinski definition) is 0. The maximum absolute atomic E-state index is 11.8. The number of Topliss-reactive ketones (excluding diaryl/α,β-unsaturated/α-hetero) is 1. The molecule has 0 saturated heterocycles. The van der Waals surface area contributed by atoms with E-state index in [2.05, 4.69) is 20.7 Å². The summed E-state index contributed by atoms with van der Waals surface area (Å²) in [6.07, 6.45) is -5.29. The predicted molar refractivity (Wildman–Crippen MR) is 60.0 cm³/mol. The number of hydrogen-bond acceptors (Lipinski definition) is 2. The second-order valence-corrected chi connectivity index (χ2v) is 4.27. The van der Waals surface area contributed by atoms with E-state index in [-0.39, 0.29) is 12.4 Å². The molecule has 0 heterocycles. The number of alkyl halides is 3. The van der Waals surface area contributed by atoms with Crippen molar-refractivity contribution in [3.63, 3.8) is 0 Å². The fraction of sp³-hybridized carbons (Fsp3) is 0.364. The molecule has 0 atom stereocenters. The number of carbonyl (C=O) groups excluding carboxylic acids is 1. The van der Waals surface area contributed by atoms with Crippen LogP contribution in [0.3, 0.4) is 0 Å². The van der Waals surface area contributed by atoms with Gasteiger partial charge in [0.15, 0.2) is 5.78 Å². The lowest BCUT2D eigenvalue weighted by Crippen LogP contribution is -2.15. The molecular weight excluding hydrogens is 301 g/mol. The monoisotopic (exact) mass is 310 g/mol. The average Bonchev–Trinajstić information content (AvgIpc) is 2.23. The zero-order valence-corrected chi connectivity index (χ0v) is 10.3. The maximum atomic E-state index is 11.8. The first kappa shape index (κ1) is 14.2. The molecule has 0 bridgehead atoms. The summed E-state index contributed by atoms with van der Waals surface area (Å²) in [7, 11) is 0. The van der Waals surface area contributed by atoms with Crippen LogP contribution in [0.1, 0.15) is 16.8 Å². The fourth-order valence-electron chi connectivity index (χ4n) is 1.10. The molecule has 6 heteroatoms. The lowest BCUT2D eigenvalue weighted by molar-refractivity contribution is -0.144. The smallest absolute Gasteiger partial charge is 0.373 e. The molecule has 0 aliphatic heterocycles. The Morgan fingerprint density at radius 3 is 2.65 bits per heavy atom. The summed E-state index contributed by atoms with van der Waals surface area (Å²) < 4.78 is 40.8. The largest absolute Gasteiger partial charge is 0.391 e. The Morgan fingerprint density at radius 1 is 1.35 bits per heavy atom. The maximum Gasteiger partial charge on any atom is 0.391 e. The van der Waals surface area contributed by atoms with Crippen molar-refractivity contribution >= 4 is 21.7 Å². The molecule has 0 aliphatic rings. The van der Waals surface area contributed by atoms with E-state index in [0.717, 1.165) is 4.47 Å². The number of halogens is 4. The van der Waals surface area contributed by atoms with Crippen LogP contribution in [0, 0.1) is 0 Å². The van der Waals surface area contributed by atoms with Crippen molar-refractivity contribution in [3.05, 3.63) is 34.3 Å². The predicted octanol–water partition coefficient (Wildman–Crippen LogP) is 3.60. The van der Waals surface area contributed by atoms with Crippen molar-refractivity contribution in [3.8, 4) is 0 Å². The number of carbonyl (C=O) groups is 1. The van der Waals surface area contributed by atoms with Crippen LogP contribution in [0.5, 0.6) is 0 Å². The minimum Gasteiger partial charge on any atom is -0.373 e. The third-order valence-electron chi connectivity index (χ3n) is 1.91. The summed E-state index contributed by atoms with van der Waals surface area (Å²) >= 11 is 3.20. The highest BCUT2D eigenvalue weighted by molar-refractivity contribution is 9.10. The first-order valence-electron chi connectivity index (χ1n) is 4.82. The second-order valence-electron chi connectivity index (χ2n) is 3.35. The first-order chi connectivity index (χ1) is 7.88. The summed E-state index contributed by atoms with van der Waals surface area (Å²) in [4.78, 5) is 11.5. The minimum absolute atomic E-state index is 0.339. The molecule has 17 heavy (non-hydrogen) atoms. The Balaban J connectivity index is 2.36. The van der Waals surface area contributed by atoms with Gasteiger partial charge in [-0.3, -0.25) is 4.79 Å². The second kappa shape index (κ2) is 6.16. The quantitative estimate of drug-likeness (QED) is 0.613. The van der Waals surface area contributed by atoms with Crippen LogP contribution >= 0.6 is 15.9 Å². The van der Waals surface area contributed by atoms with E-state index in [9.17, 15) is 18.0 Å². The van der Waals surface area contributed by atoms with Gasteiger partial charge in [-0.1, -0.05) is 28.1 Å². The average molecular weight is 311 g/mol. The fourth-order valence-corrected chi connectivity index (χ4v) is 1.50. The number of ketones is 1. The van der Waals surface area contributed by atoms with Crippen LogP contribution in [0.4, 0.5) is 13.2 Å². The standard InChI is InChI=1S/C11H10BrF3O2/c12-9-3-1-2-8(6-9)10(16)7-17-5-4-11(13,14)15/h1-3,6H,4-5,7H2. The normalized spacial score (nSPS) is 11.5. The molecular formula is C11H10BrF3O2. The molecule has 0 fully saturated rings. The summed E-state index contributed by atoms with van der Waals surface area (Å²) in [5.74, 6) is -0.339. The molecule has 0 saturated carbocycles. The van der Waals surface area contributed by atoms with Crippen LogP contribution in [-0.2, 0) is 4.74 Å². The van der Waals surface area contributed by atoms with Gasteiger partial charge in [-0.05, 0) is 12.1 Å². The number of benzene rings is 1. The Hall–Kier alpha value is -0.880. The van der Waals surface area contributed by atoms with Crippen molar-refractivity contribution in [2.75, 3.05) is 13.2 Å². The lowest BCUT2D eigenvalue weighted by atomic mass is 10.1. The Morgan fingerprint density at radius 2 is 2.06 bits per heavy atom. The van der Waals surface area contributed by atoms with Crippen molar-refractivity contribution in [2.45, 2.75) is 12.6 Å². The van der Waals surface area contributed by atoms with Crippen LogP contribution < -0.4 is 0 Å².